The number of nitrogens with two attached hydrogens (primary N) is 1. The van der Waals surface area contributed by atoms with Crippen LogP contribution in [-0.2, 0) is 0 Å². The third-order valence-electron chi connectivity index (χ3n) is 3.69. The van der Waals surface area contributed by atoms with Gasteiger partial charge in [0.1, 0.15) is 5.75 Å². The van der Waals surface area contributed by atoms with Gasteiger partial charge in [-0.15, -0.1) is 0 Å². The quantitative estimate of drug-likeness (QED) is 0.793. The third-order valence-corrected chi connectivity index (χ3v) is 3.69. The Kier molecular flexibility index (Phi) is 2.61. The van der Waals surface area contributed by atoms with Crippen LogP contribution in [0.1, 0.15) is 25.7 Å². The number of hydrogen-bond donors (Lipinski definition) is 1. The van der Waals surface area contributed by atoms with Crippen molar-refractivity contribution in [3.05, 3.63) is 18.2 Å². The van der Waals surface area contributed by atoms with Crippen molar-refractivity contribution < 1.29 is 4.74 Å². The van der Waals surface area contributed by atoms with Crippen LogP contribution in [0.3, 0.4) is 0 Å². The van der Waals surface area contributed by atoms with Crippen LogP contribution in [-0.4, -0.2) is 19.7 Å². The van der Waals surface area contributed by atoms with Crippen LogP contribution < -0.4 is 15.4 Å². The Labute approximate surface area is 103 Å². The molecule has 2 saturated carbocycles. The Bertz CT molecular complexity index is 411. The summed E-state index contributed by atoms with van der Waals surface area (Å²) in [7, 11) is 1.71. The van der Waals surface area contributed by atoms with Crippen LogP contribution in [0.2, 0.25) is 0 Å². The van der Waals surface area contributed by atoms with Crippen LogP contribution in [0.15, 0.2) is 18.2 Å². The fourth-order valence-electron chi connectivity index (χ4n) is 2.31. The lowest BCUT2D eigenvalue weighted by molar-refractivity contribution is 0.415. The third kappa shape index (κ3) is 2.33. The largest absolute Gasteiger partial charge is 0.497 e. The van der Waals surface area contributed by atoms with Crippen molar-refractivity contribution in [2.75, 3.05) is 24.3 Å². The van der Waals surface area contributed by atoms with Crippen molar-refractivity contribution >= 4 is 11.4 Å². The second kappa shape index (κ2) is 4.13. The SMILES string of the molecule is COc1ccc(N)c(N(CC2CC2)C2CC2)c1. The lowest BCUT2D eigenvalue weighted by Crippen LogP contribution is -2.28. The van der Waals surface area contributed by atoms with E-state index in [2.05, 4.69) is 11.0 Å². The van der Waals surface area contributed by atoms with Gasteiger partial charge < -0.3 is 15.4 Å². The predicted molar refractivity (Wildman–Crippen MR) is 70.5 cm³/mol. The van der Waals surface area contributed by atoms with Crippen LogP contribution in [0, 0.1) is 5.92 Å². The number of ether oxygens (including phenoxy) is 1. The fraction of sp³-hybridized carbons (Fsp3) is 0.571. The minimum Gasteiger partial charge on any atom is -0.497 e. The average molecular weight is 232 g/mol. The number of methoxy groups -OCH3 is 1. The van der Waals surface area contributed by atoms with E-state index in [9.17, 15) is 0 Å². The van der Waals surface area contributed by atoms with E-state index in [1.54, 1.807) is 7.11 Å². The van der Waals surface area contributed by atoms with Gasteiger partial charge in [-0.1, -0.05) is 0 Å². The summed E-state index contributed by atoms with van der Waals surface area (Å²) in [4.78, 5) is 2.50. The van der Waals surface area contributed by atoms with Crippen molar-refractivity contribution in [2.24, 2.45) is 5.92 Å². The molecule has 0 spiro atoms. The monoisotopic (exact) mass is 232 g/mol. The maximum Gasteiger partial charge on any atom is 0.121 e. The Morgan fingerprint density at radius 3 is 2.65 bits per heavy atom. The molecule has 0 bridgehead atoms. The molecule has 92 valence electrons. The molecule has 1 aromatic carbocycles. The van der Waals surface area contributed by atoms with Gasteiger partial charge in [-0.2, -0.15) is 0 Å². The minimum atomic E-state index is 0.713. The van der Waals surface area contributed by atoms with Gasteiger partial charge >= 0.3 is 0 Å². The van der Waals surface area contributed by atoms with Gasteiger partial charge in [-0.3, -0.25) is 0 Å². The maximum absolute atomic E-state index is 6.11. The van der Waals surface area contributed by atoms with Crippen LogP contribution >= 0.6 is 0 Å². The molecule has 0 aliphatic heterocycles. The molecule has 0 saturated heterocycles. The first kappa shape index (κ1) is 10.8. The zero-order valence-electron chi connectivity index (χ0n) is 10.4. The molecule has 2 aliphatic rings. The van der Waals surface area contributed by atoms with Gasteiger partial charge in [0.05, 0.1) is 18.5 Å². The van der Waals surface area contributed by atoms with E-state index < -0.39 is 0 Å². The summed E-state index contributed by atoms with van der Waals surface area (Å²) in [6.07, 6.45) is 5.38. The molecule has 3 heteroatoms. The molecule has 3 rings (SSSR count). The highest BCUT2D eigenvalue weighted by Crippen LogP contribution is 2.40. The smallest absolute Gasteiger partial charge is 0.121 e. The molecule has 2 N–H and O–H groups in total. The highest BCUT2D eigenvalue weighted by Gasteiger charge is 2.34. The van der Waals surface area contributed by atoms with E-state index in [0.29, 0.717) is 6.04 Å². The first-order chi connectivity index (χ1) is 8.28. The Balaban J connectivity index is 1.87. The topological polar surface area (TPSA) is 38.5 Å². The van der Waals surface area contributed by atoms with Crippen molar-refractivity contribution in [1.29, 1.82) is 0 Å². The van der Waals surface area contributed by atoms with Gasteiger partial charge in [0, 0.05) is 18.7 Å². The highest BCUT2D eigenvalue weighted by atomic mass is 16.5. The summed E-state index contributed by atoms with van der Waals surface area (Å²) in [6, 6.07) is 6.68. The molecule has 0 radical (unpaired) electrons. The molecule has 17 heavy (non-hydrogen) atoms. The van der Waals surface area contributed by atoms with E-state index in [1.807, 2.05) is 12.1 Å². The molecule has 0 atom stereocenters. The molecule has 2 aliphatic carbocycles. The Morgan fingerprint density at radius 1 is 1.29 bits per heavy atom. The molecule has 1 aromatic rings. The van der Waals surface area contributed by atoms with E-state index in [1.165, 1.54) is 37.9 Å². The summed E-state index contributed by atoms with van der Waals surface area (Å²) in [5.41, 5.74) is 8.15. The summed E-state index contributed by atoms with van der Waals surface area (Å²) in [5, 5.41) is 0. The van der Waals surface area contributed by atoms with Crippen LogP contribution in [0.25, 0.3) is 0 Å². The van der Waals surface area contributed by atoms with Crippen molar-refractivity contribution in [3.63, 3.8) is 0 Å². The first-order valence-electron chi connectivity index (χ1n) is 6.48. The number of rotatable bonds is 5. The average Bonchev–Trinajstić information content (AvgIpc) is 3.19. The van der Waals surface area contributed by atoms with Crippen molar-refractivity contribution in [3.8, 4) is 5.75 Å². The summed E-state index contributed by atoms with van der Waals surface area (Å²) >= 11 is 0. The molecular formula is C14H20N2O. The Hall–Kier alpha value is -1.38. The number of nitrogens with zero attached hydrogens (tertiary/aromatic N) is 1. The lowest BCUT2D eigenvalue weighted by atomic mass is 10.2. The van der Waals surface area contributed by atoms with E-state index in [-0.39, 0.29) is 0 Å². The van der Waals surface area contributed by atoms with Gasteiger partial charge in [-0.05, 0) is 43.7 Å². The minimum absolute atomic E-state index is 0.713. The fourth-order valence-corrected chi connectivity index (χ4v) is 2.31. The zero-order valence-corrected chi connectivity index (χ0v) is 10.4. The lowest BCUT2D eigenvalue weighted by Gasteiger charge is -2.26. The molecule has 0 aromatic heterocycles. The van der Waals surface area contributed by atoms with Crippen molar-refractivity contribution in [2.45, 2.75) is 31.7 Å². The number of benzene rings is 1. The number of nitrogen functional groups attached to an aromatic ring is 1. The molecule has 3 nitrogen and oxygen atoms in total. The second-order valence-electron chi connectivity index (χ2n) is 5.25. The van der Waals surface area contributed by atoms with Gasteiger partial charge in [0.25, 0.3) is 0 Å². The van der Waals surface area contributed by atoms with Crippen LogP contribution in [0.5, 0.6) is 5.75 Å². The van der Waals surface area contributed by atoms with E-state index >= 15 is 0 Å². The Morgan fingerprint density at radius 2 is 2.06 bits per heavy atom. The second-order valence-corrected chi connectivity index (χ2v) is 5.25. The molecular weight excluding hydrogens is 212 g/mol. The number of anilines is 2. The predicted octanol–water partition coefficient (Wildman–Crippen LogP) is 2.66. The standard InChI is InChI=1S/C14H20N2O/c1-17-12-6-7-13(15)14(8-12)16(11-4-5-11)9-10-2-3-10/h6-8,10-11H,2-5,9,15H2,1H3. The van der Waals surface area contributed by atoms with Gasteiger partial charge in [0.2, 0.25) is 0 Å². The molecule has 0 heterocycles. The zero-order chi connectivity index (χ0) is 11.8. The summed E-state index contributed by atoms with van der Waals surface area (Å²) in [6.45, 7) is 1.17. The molecule has 0 unspecified atom stereocenters. The van der Waals surface area contributed by atoms with Gasteiger partial charge in [-0.25, -0.2) is 0 Å². The summed E-state index contributed by atoms with van der Waals surface area (Å²) < 4.78 is 5.30. The van der Waals surface area contributed by atoms with E-state index in [4.69, 9.17) is 10.5 Å². The highest BCUT2D eigenvalue weighted by molar-refractivity contribution is 5.70. The van der Waals surface area contributed by atoms with Gasteiger partial charge in [0.15, 0.2) is 0 Å². The van der Waals surface area contributed by atoms with Crippen molar-refractivity contribution in [1.82, 2.24) is 0 Å². The summed E-state index contributed by atoms with van der Waals surface area (Å²) in [5.74, 6) is 1.79. The molecule has 0 amide bonds. The normalized spacial score (nSPS) is 19.1. The number of hydrogen-bond acceptors (Lipinski definition) is 3. The molecule has 2 fully saturated rings. The maximum atomic E-state index is 6.11. The van der Waals surface area contributed by atoms with E-state index in [0.717, 1.165) is 17.4 Å². The first-order valence-corrected chi connectivity index (χ1v) is 6.48. The van der Waals surface area contributed by atoms with Crippen LogP contribution in [0.4, 0.5) is 11.4 Å².